The van der Waals surface area contributed by atoms with E-state index >= 15 is 0 Å². The fourth-order valence-electron chi connectivity index (χ4n) is 3.14. The van der Waals surface area contributed by atoms with Crippen LogP contribution >= 0.6 is 12.6 Å². The topological polar surface area (TPSA) is 29.1 Å². The molecule has 3 heteroatoms. The minimum absolute atomic E-state index is 0.0693. The summed E-state index contributed by atoms with van der Waals surface area (Å²) >= 11 is 4.45. The number of amides is 1. The van der Waals surface area contributed by atoms with Crippen LogP contribution in [0.15, 0.2) is 30.3 Å². The highest BCUT2D eigenvalue weighted by Crippen LogP contribution is 2.30. The van der Waals surface area contributed by atoms with Gasteiger partial charge < -0.3 is 5.32 Å². The van der Waals surface area contributed by atoms with Crippen molar-refractivity contribution in [1.82, 2.24) is 5.32 Å². The van der Waals surface area contributed by atoms with Gasteiger partial charge in [0, 0.05) is 6.54 Å². The second-order valence-corrected chi connectivity index (χ2v) is 6.87. The molecule has 0 saturated heterocycles. The van der Waals surface area contributed by atoms with Gasteiger partial charge in [0.2, 0.25) is 5.91 Å². The molecule has 116 valence electrons. The zero-order chi connectivity index (χ0) is 15.1. The van der Waals surface area contributed by atoms with Crippen molar-refractivity contribution in [3.8, 4) is 0 Å². The standard InChI is InChI=1S/C18H27NOS/c1-2-14-8-10-16(11-9-14)13-19-18(20)17(21)12-15-6-4-3-5-7-15/h3-7,14,16-17,21H,2,8-13H2,1H3,(H,19,20). The lowest BCUT2D eigenvalue weighted by molar-refractivity contribution is -0.120. The number of carbonyl (C=O) groups excluding carboxylic acids is 1. The molecule has 1 aromatic carbocycles. The van der Waals surface area contributed by atoms with E-state index in [2.05, 4.69) is 24.9 Å². The molecule has 1 saturated carbocycles. The van der Waals surface area contributed by atoms with Crippen LogP contribution in [0, 0.1) is 11.8 Å². The van der Waals surface area contributed by atoms with Crippen molar-refractivity contribution in [1.29, 1.82) is 0 Å². The third-order valence-corrected chi connectivity index (χ3v) is 5.10. The molecule has 2 nitrogen and oxygen atoms in total. The van der Waals surface area contributed by atoms with Crippen LogP contribution in [-0.4, -0.2) is 17.7 Å². The van der Waals surface area contributed by atoms with Gasteiger partial charge in [-0.3, -0.25) is 4.79 Å². The Hall–Kier alpha value is -0.960. The third kappa shape index (κ3) is 5.39. The second kappa shape index (κ2) is 8.47. The van der Waals surface area contributed by atoms with E-state index in [-0.39, 0.29) is 11.2 Å². The predicted molar refractivity (Wildman–Crippen MR) is 91.7 cm³/mol. The molecule has 21 heavy (non-hydrogen) atoms. The summed E-state index contributed by atoms with van der Waals surface area (Å²) in [6.07, 6.45) is 7.16. The minimum atomic E-state index is -0.251. The lowest BCUT2D eigenvalue weighted by Crippen LogP contribution is -2.37. The third-order valence-electron chi connectivity index (χ3n) is 4.68. The van der Waals surface area contributed by atoms with Crippen molar-refractivity contribution in [3.63, 3.8) is 0 Å². The van der Waals surface area contributed by atoms with Gasteiger partial charge in [0.15, 0.2) is 0 Å². The SMILES string of the molecule is CCC1CCC(CNC(=O)C(S)Cc2ccccc2)CC1. The number of nitrogens with one attached hydrogen (secondary N) is 1. The summed E-state index contributed by atoms with van der Waals surface area (Å²) in [5.41, 5.74) is 1.16. The summed E-state index contributed by atoms with van der Waals surface area (Å²) in [4.78, 5) is 12.1. The summed E-state index contributed by atoms with van der Waals surface area (Å²) < 4.78 is 0. The summed E-state index contributed by atoms with van der Waals surface area (Å²) in [5.74, 6) is 1.64. The van der Waals surface area contributed by atoms with Gasteiger partial charge in [-0.05, 0) is 36.7 Å². The first-order valence-corrected chi connectivity index (χ1v) is 8.70. The molecule has 0 heterocycles. The number of hydrogen-bond donors (Lipinski definition) is 2. The average molecular weight is 305 g/mol. The van der Waals surface area contributed by atoms with E-state index in [1.807, 2.05) is 30.3 Å². The van der Waals surface area contributed by atoms with Crippen molar-refractivity contribution in [3.05, 3.63) is 35.9 Å². The lowest BCUT2D eigenvalue weighted by Gasteiger charge is -2.28. The molecule has 2 rings (SSSR count). The van der Waals surface area contributed by atoms with Crippen LogP contribution in [0.25, 0.3) is 0 Å². The first-order chi connectivity index (χ1) is 10.2. The number of benzene rings is 1. The molecule has 1 atom stereocenters. The van der Waals surface area contributed by atoms with Crippen molar-refractivity contribution < 1.29 is 4.79 Å². The van der Waals surface area contributed by atoms with Gasteiger partial charge in [0.25, 0.3) is 0 Å². The summed E-state index contributed by atoms with van der Waals surface area (Å²) in [6, 6.07) is 10.1. The monoisotopic (exact) mass is 305 g/mol. The Morgan fingerprint density at radius 3 is 2.43 bits per heavy atom. The maximum atomic E-state index is 12.1. The Bertz CT molecular complexity index is 426. The molecule has 0 radical (unpaired) electrons. The molecule has 0 aromatic heterocycles. The highest BCUT2D eigenvalue weighted by atomic mass is 32.1. The van der Waals surface area contributed by atoms with Gasteiger partial charge in [-0.2, -0.15) is 12.6 Å². The lowest BCUT2D eigenvalue weighted by atomic mass is 9.81. The number of hydrogen-bond acceptors (Lipinski definition) is 2. The molecule has 1 fully saturated rings. The first kappa shape index (κ1) is 16.4. The smallest absolute Gasteiger partial charge is 0.233 e. The van der Waals surface area contributed by atoms with Gasteiger partial charge in [0.05, 0.1) is 5.25 Å². The van der Waals surface area contributed by atoms with Crippen LogP contribution in [-0.2, 0) is 11.2 Å². The summed E-state index contributed by atoms with van der Waals surface area (Å²) in [5, 5.41) is 2.84. The number of thiol groups is 1. The number of carbonyl (C=O) groups is 1. The quantitative estimate of drug-likeness (QED) is 0.768. The Labute approximate surface area is 134 Å². The van der Waals surface area contributed by atoms with Gasteiger partial charge >= 0.3 is 0 Å². The predicted octanol–water partition coefficient (Wildman–Crippen LogP) is 3.86. The molecular formula is C18H27NOS. The molecule has 1 aromatic rings. The maximum absolute atomic E-state index is 12.1. The minimum Gasteiger partial charge on any atom is -0.355 e. The van der Waals surface area contributed by atoms with Crippen molar-refractivity contribution in [2.45, 2.75) is 50.7 Å². The Balaban J connectivity index is 1.69. The van der Waals surface area contributed by atoms with Gasteiger partial charge in [-0.25, -0.2) is 0 Å². The normalized spacial score (nSPS) is 23.5. The van der Waals surface area contributed by atoms with Gasteiger partial charge in [-0.1, -0.05) is 56.5 Å². The van der Waals surface area contributed by atoms with Gasteiger partial charge in [0.1, 0.15) is 0 Å². The van der Waals surface area contributed by atoms with E-state index in [1.54, 1.807) is 0 Å². The largest absolute Gasteiger partial charge is 0.355 e. The molecular weight excluding hydrogens is 278 g/mol. The van der Waals surface area contributed by atoms with Crippen molar-refractivity contribution in [2.24, 2.45) is 11.8 Å². The van der Waals surface area contributed by atoms with E-state index in [0.717, 1.165) is 18.0 Å². The molecule has 1 unspecified atom stereocenters. The maximum Gasteiger partial charge on any atom is 0.233 e. The fraction of sp³-hybridized carbons (Fsp3) is 0.611. The molecule has 1 aliphatic carbocycles. The fourth-order valence-corrected chi connectivity index (χ4v) is 3.44. The molecule has 1 N–H and O–H groups in total. The van der Waals surface area contributed by atoms with E-state index in [1.165, 1.54) is 32.1 Å². The highest BCUT2D eigenvalue weighted by molar-refractivity contribution is 7.81. The molecule has 1 aliphatic rings. The summed E-state index contributed by atoms with van der Waals surface area (Å²) in [6.45, 7) is 3.10. The van der Waals surface area contributed by atoms with Crippen LogP contribution in [0.2, 0.25) is 0 Å². The molecule has 0 aliphatic heterocycles. The van der Waals surface area contributed by atoms with Crippen molar-refractivity contribution >= 4 is 18.5 Å². The van der Waals surface area contributed by atoms with Crippen molar-refractivity contribution in [2.75, 3.05) is 6.54 Å². The van der Waals surface area contributed by atoms with E-state index in [9.17, 15) is 4.79 Å². The number of rotatable bonds is 6. The Morgan fingerprint density at radius 2 is 1.81 bits per heavy atom. The zero-order valence-corrected chi connectivity index (χ0v) is 13.8. The molecule has 1 amide bonds. The van der Waals surface area contributed by atoms with Crippen LogP contribution in [0.1, 0.15) is 44.6 Å². The Morgan fingerprint density at radius 1 is 1.19 bits per heavy atom. The van der Waals surface area contributed by atoms with Crippen LogP contribution in [0.4, 0.5) is 0 Å². The average Bonchev–Trinajstić information content (AvgIpc) is 2.54. The first-order valence-electron chi connectivity index (χ1n) is 8.18. The van der Waals surface area contributed by atoms with E-state index < -0.39 is 0 Å². The van der Waals surface area contributed by atoms with Crippen LogP contribution < -0.4 is 5.32 Å². The molecule has 0 spiro atoms. The Kier molecular flexibility index (Phi) is 6.62. The van der Waals surface area contributed by atoms with Crippen LogP contribution in [0.3, 0.4) is 0 Å². The zero-order valence-electron chi connectivity index (χ0n) is 12.9. The highest BCUT2D eigenvalue weighted by Gasteiger charge is 2.21. The summed E-state index contributed by atoms with van der Waals surface area (Å²) in [7, 11) is 0. The van der Waals surface area contributed by atoms with Gasteiger partial charge in [-0.15, -0.1) is 0 Å². The van der Waals surface area contributed by atoms with Crippen LogP contribution in [0.5, 0.6) is 0 Å². The molecule has 0 bridgehead atoms. The van der Waals surface area contributed by atoms with E-state index in [0.29, 0.717) is 12.3 Å². The second-order valence-electron chi connectivity index (χ2n) is 6.25. The van der Waals surface area contributed by atoms with E-state index in [4.69, 9.17) is 0 Å².